The van der Waals surface area contributed by atoms with Crippen LogP contribution in [0.3, 0.4) is 0 Å². The van der Waals surface area contributed by atoms with Crippen LogP contribution in [-0.2, 0) is 17.7 Å². The number of carbonyl (C=O) groups excluding carboxylic acids is 1. The Kier molecular flexibility index (Phi) is 6.80. The minimum Gasteiger partial charge on any atom is -0.497 e. The summed E-state index contributed by atoms with van der Waals surface area (Å²) in [5.74, 6) is -0.424. The van der Waals surface area contributed by atoms with Crippen LogP contribution in [0.25, 0.3) is 11.0 Å². The average molecular weight is 449 g/mol. The third-order valence-corrected chi connectivity index (χ3v) is 5.14. The Morgan fingerprint density at radius 3 is 2.58 bits per heavy atom. The number of ether oxygens (including phenoxy) is 3. The molecule has 0 spiro atoms. The van der Waals surface area contributed by atoms with Gasteiger partial charge in [0.2, 0.25) is 5.43 Å². The first-order valence-electron chi connectivity index (χ1n) is 9.65. The summed E-state index contributed by atoms with van der Waals surface area (Å²) in [6.45, 7) is 3.60. The molecule has 0 aliphatic rings. The number of benzene rings is 1. The van der Waals surface area contributed by atoms with Gasteiger partial charge in [0.15, 0.2) is 11.0 Å². The number of methoxy groups -OCH3 is 2. The smallest absolute Gasteiger partial charge is 0.343 e. The van der Waals surface area contributed by atoms with Crippen molar-refractivity contribution in [2.45, 2.75) is 26.8 Å². The summed E-state index contributed by atoms with van der Waals surface area (Å²) in [7, 11) is 3.06. The Morgan fingerprint density at radius 1 is 1.23 bits per heavy atom. The molecule has 0 unspecified atom stereocenters. The number of hydrogen-bond acceptors (Lipinski definition) is 6. The third kappa shape index (κ3) is 4.20. The van der Waals surface area contributed by atoms with Crippen LogP contribution in [-0.4, -0.2) is 36.3 Å². The zero-order chi connectivity index (χ0) is 22.7. The van der Waals surface area contributed by atoms with Gasteiger partial charge in [0.1, 0.15) is 22.7 Å². The highest BCUT2D eigenvalue weighted by atomic mass is 35.5. The number of halogens is 2. The summed E-state index contributed by atoms with van der Waals surface area (Å²) in [5, 5.41) is -0.342. The summed E-state index contributed by atoms with van der Waals surface area (Å²) < 4.78 is 31.9. The summed E-state index contributed by atoms with van der Waals surface area (Å²) in [6, 6.07) is 5.26. The van der Waals surface area contributed by atoms with E-state index < -0.39 is 17.2 Å². The molecule has 2 aromatic heterocycles. The summed E-state index contributed by atoms with van der Waals surface area (Å²) >= 11 is 6.01. The van der Waals surface area contributed by atoms with Crippen LogP contribution in [0.2, 0.25) is 5.15 Å². The first kappa shape index (κ1) is 22.6. The third-order valence-electron chi connectivity index (χ3n) is 4.89. The summed E-state index contributed by atoms with van der Waals surface area (Å²) in [6.07, 6.45) is 1.55. The standard InChI is InChI=1S/C22H22ClFN2O5/c1-5-14-17-19(27)15(22(28)31-6-2)11-26(21(17)25-20(23)18(14)24)10-12-7-8-13(29-3)9-16(12)30-4/h7-9,11H,5-6,10H2,1-4H3. The fraction of sp³-hybridized carbons (Fsp3) is 0.318. The lowest BCUT2D eigenvalue weighted by atomic mass is 10.1. The lowest BCUT2D eigenvalue weighted by Gasteiger charge is -2.17. The van der Waals surface area contributed by atoms with E-state index in [1.807, 2.05) is 0 Å². The molecular formula is C22H22ClFN2O5. The maximum Gasteiger partial charge on any atom is 0.343 e. The van der Waals surface area contributed by atoms with Gasteiger partial charge in [-0.15, -0.1) is 0 Å². The van der Waals surface area contributed by atoms with Gasteiger partial charge in [-0.3, -0.25) is 4.79 Å². The predicted molar refractivity (Wildman–Crippen MR) is 115 cm³/mol. The van der Waals surface area contributed by atoms with Crippen LogP contribution < -0.4 is 14.9 Å². The highest BCUT2D eigenvalue weighted by molar-refractivity contribution is 6.30. The first-order chi connectivity index (χ1) is 14.9. The van der Waals surface area contributed by atoms with E-state index in [0.29, 0.717) is 11.5 Å². The highest BCUT2D eigenvalue weighted by Gasteiger charge is 2.23. The van der Waals surface area contributed by atoms with Gasteiger partial charge < -0.3 is 18.8 Å². The van der Waals surface area contributed by atoms with Crippen molar-refractivity contribution in [1.82, 2.24) is 9.55 Å². The normalized spacial score (nSPS) is 10.9. The lowest BCUT2D eigenvalue weighted by Crippen LogP contribution is -2.23. The van der Waals surface area contributed by atoms with Gasteiger partial charge in [0.25, 0.3) is 0 Å². The Bertz CT molecular complexity index is 1210. The Balaban J connectivity index is 2.32. The zero-order valence-corrected chi connectivity index (χ0v) is 18.4. The number of aromatic nitrogens is 2. The van der Waals surface area contributed by atoms with E-state index in [4.69, 9.17) is 25.8 Å². The Labute approximate surface area is 183 Å². The molecule has 0 bridgehead atoms. The van der Waals surface area contributed by atoms with Gasteiger partial charge in [-0.2, -0.15) is 0 Å². The molecule has 3 rings (SSSR count). The van der Waals surface area contributed by atoms with Crippen molar-refractivity contribution in [2.24, 2.45) is 0 Å². The topological polar surface area (TPSA) is 79.7 Å². The maximum atomic E-state index is 14.7. The molecule has 1 aromatic carbocycles. The molecule has 0 aliphatic heterocycles. The van der Waals surface area contributed by atoms with Crippen LogP contribution in [0.5, 0.6) is 11.5 Å². The summed E-state index contributed by atoms with van der Waals surface area (Å²) in [5.41, 5.74) is 0.135. The zero-order valence-electron chi connectivity index (χ0n) is 17.6. The second-order valence-electron chi connectivity index (χ2n) is 6.65. The van der Waals surface area contributed by atoms with Crippen LogP contribution in [0.4, 0.5) is 4.39 Å². The van der Waals surface area contributed by atoms with Crippen molar-refractivity contribution in [2.75, 3.05) is 20.8 Å². The molecule has 2 heterocycles. The number of aryl methyl sites for hydroxylation is 1. The van der Waals surface area contributed by atoms with Crippen molar-refractivity contribution < 1.29 is 23.4 Å². The average Bonchev–Trinajstić information content (AvgIpc) is 2.77. The summed E-state index contributed by atoms with van der Waals surface area (Å²) in [4.78, 5) is 29.7. The monoisotopic (exact) mass is 448 g/mol. The van der Waals surface area contributed by atoms with Crippen molar-refractivity contribution >= 4 is 28.6 Å². The molecule has 9 heteroatoms. The number of rotatable bonds is 7. The molecule has 31 heavy (non-hydrogen) atoms. The van der Waals surface area contributed by atoms with E-state index in [9.17, 15) is 14.0 Å². The largest absolute Gasteiger partial charge is 0.497 e. The molecule has 0 N–H and O–H groups in total. The van der Waals surface area contributed by atoms with Gasteiger partial charge in [0, 0.05) is 23.4 Å². The predicted octanol–water partition coefficient (Wildman–Crippen LogP) is 3.99. The molecule has 7 nitrogen and oxygen atoms in total. The van der Waals surface area contributed by atoms with Crippen LogP contribution in [0.15, 0.2) is 29.2 Å². The number of carbonyl (C=O) groups is 1. The molecule has 0 aliphatic carbocycles. The van der Waals surface area contributed by atoms with E-state index in [2.05, 4.69) is 4.98 Å². The molecule has 164 valence electrons. The SMILES string of the molecule is CCOC(=O)c1cn(Cc2ccc(OC)cc2OC)c2nc(Cl)c(F)c(CC)c2c1=O. The van der Waals surface area contributed by atoms with Crippen molar-refractivity contribution in [1.29, 1.82) is 0 Å². The van der Waals surface area contributed by atoms with Crippen molar-refractivity contribution in [3.05, 3.63) is 62.3 Å². The number of fused-ring (bicyclic) bond motifs is 1. The van der Waals surface area contributed by atoms with Crippen LogP contribution in [0.1, 0.15) is 35.3 Å². The van der Waals surface area contributed by atoms with E-state index in [-0.39, 0.29) is 46.9 Å². The van der Waals surface area contributed by atoms with E-state index in [1.165, 1.54) is 13.3 Å². The molecule has 0 radical (unpaired) electrons. The van der Waals surface area contributed by atoms with Crippen LogP contribution >= 0.6 is 11.6 Å². The number of hydrogen-bond donors (Lipinski definition) is 0. The van der Waals surface area contributed by atoms with Crippen molar-refractivity contribution in [3.8, 4) is 11.5 Å². The number of pyridine rings is 2. The fourth-order valence-electron chi connectivity index (χ4n) is 3.40. The molecule has 0 atom stereocenters. The van der Waals surface area contributed by atoms with Gasteiger partial charge in [-0.25, -0.2) is 14.2 Å². The second-order valence-corrected chi connectivity index (χ2v) is 7.00. The van der Waals surface area contributed by atoms with Gasteiger partial charge in [-0.1, -0.05) is 18.5 Å². The second kappa shape index (κ2) is 9.34. The van der Waals surface area contributed by atoms with Gasteiger partial charge >= 0.3 is 5.97 Å². The Hall–Kier alpha value is -3.13. The Morgan fingerprint density at radius 2 is 1.97 bits per heavy atom. The fourth-order valence-corrected chi connectivity index (χ4v) is 3.59. The number of esters is 1. The van der Waals surface area contributed by atoms with E-state index >= 15 is 0 Å². The molecular weight excluding hydrogens is 427 g/mol. The first-order valence-corrected chi connectivity index (χ1v) is 10.0. The van der Waals surface area contributed by atoms with Crippen molar-refractivity contribution in [3.63, 3.8) is 0 Å². The van der Waals surface area contributed by atoms with E-state index in [1.54, 1.807) is 43.7 Å². The molecule has 0 saturated carbocycles. The van der Waals surface area contributed by atoms with Gasteiger partial charge in [-0.05, 0) is 25.5 Å². The van der Waals surface area contributed by atoms with Crippen LogP contribution in [0, 0.1) is 5.82 Å². The minimum atomic E-state index is -0.790. The van der Waals surface area contributed by atoms with E-state index in [0.717, 1.165) is 5.56 Å². The molecule has 0 amide bonds. The minimum absolute atomic E-state index is 0.00225. The molecule has 0 fully saturated rings. The quantitative estimate of drug-likeness (QED) is 0.401. The highest BCUT2D eigenvalue weighted by Crippen LogP contribution is 2.28. The molecule has 0 saturated heterocycles. The maximum absolute atomic E-state index is 14.7. The molecule has 3 aromatic rings. The number of nitrogens with zero attached hydrogens (tertiary/aromatic N) is 2. The lowest BCUT2D eigenvalue weighted by molar-refractivity contribution is 0.0524. The van der Waals surface area contributed by atoms with Gasteiger partial charge in [0.05, 0.1) is 32.8 Å².